The molecule has 2 aromatic rings. The van der Waals surface area contributed by atoms with Crippen molar-refractivity contribution in [2.75, 3.05) is 12.4 Å². The summed E-state index contributed by atoms with van der Waals surface area (Å²) in [5, 5.41) is 7.47. The molecule has 0 radical (unpaired) electrons. The van der Waals surface area contributed by atoms with Crippen molar-refractivity contribution in [2.45, 2.75) is 56.5 Å². The van der Waals surface area contributed by atoms with Crippen molar-refractivity contribution in [1.29, 1.82) is 0 Å². The quantitative estimate of drug-likeness (QED) is 0.790. The maximum atomic E-state index is 13.8. The van der Waals surface area contributed by atoms with E-state index in [0.717, 1.165) is 55.8 Å². The van der Waals surface area contributed by atoms with Gasteiger partial charge in [0.2, 0.25) is 5.91 Å². The van der Waals surface area contributed by atoms with Gasteiger partial charge in [-0.2, -0.15) is 5.10 Å². The highest BCUT2D eigenvalue weighted by molar-refractivity contribution is 5.92. The SMILES string of the molecule is COC1(CC(=O)Nc2nn(C)c(-c3ccc(F)c(F)c3)c2C2CCC2)CCC1. The van der Waals surface area contributed by atoms with Gasteiger partial charge in [0.05, 0.1) is 17.7 Å². The number of carbonyl (C=O) groups excluding carboxylic acids is 1. The maximum Gasteiger partial charge on any atom is 0.228 e. The van der Waals surface area contributed by atoms with Crippen LogP contribution in [0.25, 0.3) is 11.3 Å². The Morgan fingerprint density at radius 1 is 1.29 bits per heavy atom. The molecule has 0 aliphatic heterocycles. The summed E-state index contributed by atoms with van der Waals surface area (Å²) >= 11 is 0. The standard InChI is InChI=1S/C21H25F2N3O2/c1-26-19(14-7-8-15(22)16(23)11-14)18(13-5-3-6-13)20(25-26)24-17(27)12-21(28-2)9-4-10-21/h7-8,11,13H,3-6,9-10,12H2,1-2H3,(H,24,25,27). The van der Waals surface area contributed by atoms with Crippen LogP contribution in [0, 0.1) is 11.6 Å². The Morgan fingerprint density at radius 2 is 2.04 bits per heavy atom. The van der Waals surface area contributed by atoms with Crippen molar-refractivity contribution >= 4 is 11.7 Å². The smallest absolute Gasteiger partial charge is 0.228 e. The highest BCUT2D eigenvalue weighted by atomic mass is 19.2. The Kier molecular flexibility index (Phi) is 4.95. The molecular weight excluding hydrogens is 364 g/mol. The van der Waals surface area contributed by atoms with Crippen LogP contribution in [-0.4, -0.2) is 28.4 Å². The molecule has 0 unspecified atom stereocenters. The van der Waals surface area contributed by atoms with E-state index < -0.39 is 11.6 Å². The second-order valence-corrected chi connectivity index (χ2v) is 7.96. The molecule has 150 valence electrons. The summed E-state index contributed by atoms with van der Waals surface area (Å²) < 4.78 is 34.4. The third-order valence-electron chi connectivity index (χ3n) is 6.23. The molecule has 1 N–H and O–H groups in total. The Labute approximate surface area is 163 Å². The minimum atomic E-state index is -0.893. The van der Waals surface area contributed by atoms with E-state index in [1.807, 2.05) is 0 Å². The number of anilines is 1. The van der Waals surface area contributed by atoms with E-state index in [4.69, 9.17) is 4.74 Å². The van der Waals surface area contributed by atoms with Crippen molar-refractivity contribution < 1.29 is 18.3 Å². The van der Waals surface area contributed by atoms with Crippen molar-refractivity contribution in [3.63, 3.8) is 0 Å². The fourth-order valence-corrected chi connectivity index (χ4v) is 4.20. The molecule has 1 aromatic heterocycles. The number of hydrogen-bond acceptors (Lipinski definition) is 3. The van der Waals surface area contributed by atoms with E-state index in [9.17, 15) is 13.6 Å². The van der Waals surface area contributed by atoms with E-state index in [0.29, 0.717) is 17.8 Å². The highest BCUT2D eigenvalue weighted by Crippen LogP contribution is 2.45. The maximum absolute atomic E-state index is 13.8. The van der Waals surface area contributed by atoms with Gasteiger partial charge in [-0.25, -0.2) is 8.78 Å². The first-order chi connectivity index (χ1) is 13.4. The van der Waals surface area contributed by atoms with Crippen LogP contribution in [0.2, 0.25) is 0 Å². The molecule has 0 bridgehead atoms. The molecule has 2 aliphatic rings. The van der Waals surface area contributed by atoms with Crippen LogP contribution >= 0.6 is 0 Å². The minimum absolute atomic E-state index is 0.128. The molecule has 4 rings (SSSR count). The minimum Gasteiger partial charge on any atom is -0.378 e. The number of amides is 1. The molecule has 2 aliphatic carbocycles. The lowest BCUT2D eigenvalue weighted by molar-refractivity contribution is -0.129. The Morgan fingerprint density at radius 3 is 2.57 bits per heavy atom. The zero-order valence-electron chi connectivity index (χ0n) is 16.2. The first-order valence-electron chi connectivity index (χ1n) is 9.80. The molecular formula is C21H25F2N3O2. The number of nitrogens with zero attached hydrogens (tertiary/aromatic N) is 2. The van der Waals surface area contributed by atoms with Crippen LogP contribution < -0.4 is 5.32 Å². The Hall–Kier alpha value is -2.28. The summed E-state index contributed by atoms with van der Waals surface area (Å²) in [5.41, 5.74) is 1.83. The second-order valence-electron chi connectivity index (χ2n) is 7.96. The van der Waals surface area contributed by atoms with Gasteiger partial charge < -0.3 is 10.1 Å². The fourth-order valence-electron chi connectivity index (χ4n) is 4.20. The molecule has 0 spiro atoms. The van der Waals surface area contributed by atoms with Gasteiger partial charge in [0.25, 0.3) is 0 Å². The zero-order valence-corrected chi connectivity index (χ0v) is 16.2. The van der Waals surface area contributed by atoms with E-state index in [1.54, 1.807) is 24.9 Å². The van der Waals surface area contributed by atoms with Crippen molar-refractivity contribution in [2.24, 2.45) is 7.05 Å². The monoisotopic (exact) mass is 389 g/mol. The number of carbonyl (C=O) groups is 1. The number of halogens is 2. The van der Waals surface area contributed by atoms with Crippen molar-refractivity contribution in [1.82, 2.24) is 9.78 Å². The lowest BCUT2D eigenvalue weighted by atomic mass is 9.77. The van der Waals surface area contributed by atoms with E-state index in [1.165, 1.54) is 6.07 Å². The van der Waals surface area contributed by atoms with Crippen LogP contribution in [0.5, 0.6) is 0 Å². The topological polar surface area (TPSA) is 56.1 Å². The average molecular weight is 389 g/mol. The predicted molar refractivity (Wildman–Crippen MR) is 102 cm³/mol. The van der Waals surface area contributed by atoms with Crippen molar-refractivity contribution in [3.05, 3.63) is 35.4 Å². The summed E-state index contributed by atoms with van der Waals surface area (Å²) in [6.45, 7) is 0. The number of nitrogens with one attached hydrogen (secondary N) is 1. The Balaban J connectivity index is 1.66. The number of ether oxygens (including phenoxy) is 1. The summed E-state index contributed by atoms with van der Waals surface area (Å²) in [6, 6.07) is 3.87. The molecule has 5 nitrogen and oxygen atoms in total. The molecule has 0 atom stereocenters. The van der Waals surface area contributed by atoms with Gasteiger partial charge in [0.15, 0.2) is 17.5 Å². The number of aryl methyl sites for hydroxylation is 1. The van der Waals surface area contributed by atoms with Gasteiger partial charge in [0, 0.05) is 25.3 Å². The Bertz CT molecular complexity index is 896. The van der Waals surface area contributed by atoms with Gasteiger partial charge in [-0.3, -0.25) is 9.48 Å². The first-order valence-corrected chi connectivity index (χ1v) is 9.80. The molecule has 1 heterocycles. The normalized spacial score (nSPS) is 18.4. The van der Waals surface area contributed by atoms with Gasteiger partial charge in [0.1, 0.15) is 0 Å². The largest absolute Gasteiger partial charge is 0.378 e. The van der Waals surface area contributed by atoms with Crippen LogP contribution in [0.15, 0.2) is 18.2 Å². The number of aromatic nitrogens is 2. The summed E-state index contributed by atoms with van der Waals surface area (Å²) in [4.78, 5) is 12.7. The lowest BCUT2D eigenvalue weighted by Crippen LogP contribution is -2.42. The summed E-state index contributed by atoms with van der Waals surface area (Å²) in [7, 11) is 3.41. The van der Waals surface area contributed by atoms with Gasteiger partial charge in [-0.15, -0.1) is 0 Å². The number of methoxy groups -OCH3 is 1. The molecule has 2 saturated carbocycles. The lowest BCUT2D eigenvalue weighted by Gasteiger charge is -2.39. The zero-order chi connectivity index (χ0) is 19.9. The third-order valence-corrected chi connectivity index (χ3v) is 6.23. The summed E-state index contributed by atoms with van der Waals surface area (Å²) in [5.74, 6) is -1.13. The van der Waals surface area contributed by atoms with E-state index in [-0.39, 0.29) is 17.4 Å². The van der Waals surface area contributed by atoms with Gasteiger partial charge >= 0.3 is 0 Å². The number of hydrogen-bond donors (Lipinski definition) is 1. The van der Waals surface area contributed by atoms with Gasteiger partial charge in [-0.1, -0.05) is 6.42 Å². The van der Waals surface area contributed by atoms with Crippen molar-refractivity contribution in [3.8, 4) is 11.3 Å². The molecule has 1 amide bonds. The second kappa shape index (κ2) is 7.28. The molecule has 7 heteroatoms. The number of rotatable bonds is 6. The average Bonchev–Trinajstić information content (AvgIpc) is 2.88. The van der Waals surface area contributed by atoms with Crippen LogP contribution in [0.1, 0.15) is 56.4 Å². The van der Waals surface area contributed by atoms with E-state index in [2.05, 4.69) is 10.4 Å². The molecule has 1 aromatic carbocycles. The third kappa shape index (κ3) is 3.32. The predicted octanol–water partition coefficient (Wildman–Crippen LogP) is 4.53. The molecule has 28 heavy (non-hydrogen) atoms. The highest BCUT2D eigenvalue weighted by Gasteiger charge is 2.39. The summed E-state index contributed by atoms with van der Waals surface area (Å²) in [6.07, 6.45) is 6.23. The first kappa shape index (κ1) is 19.1. The van der Waals surface area contributed by atoms with Crippen LogP contribution in [-0.2, 0) is 16.6 Å². The van der Waals surface area contributed by atoms with Crippen LogP contribution in [0.4, 0.5) is 14.6 Å². The molecule has 2 fully saturated rings. The fraction of sp³-hybridized carbons (Fsp3) is 0.524. The van der Waals surface area contributed by atoms with Crippen LogP contribution in [0.3, 0.4) is 0 Å². The van der Waals surface area contributed by atoms with Gasteiger partial charge in [-0.05, 0) is 56.2 Å². The van der Waals surface area contributed by atoms with E-state index >= 15 is 0 Å². The molecule has 0 saturated heterocycles. The number of benzene rings is 1.